The van der Waals surface area contributed by atoms with Gasteiger partial charge in [0, 0.05) is 11.6 Å². The minimum atomic E-state index is -0.0393. The summed E-state index contributed by atoms with van der Waals surface area (Å²) < 4.78 is 14.1. The second-order valence-corrected chi connectivity index (χ2v) is 4.98. The van der Waals surface area contributed by atoms with Crippen molar-refractivity contribution in [1.29, 1.82) is 0 Å². The fourth-order valence-electron chi connectivity index (χ4n) is 2.22. The monoisotopic (exact) mass is 251 g/mol. The first-order valence-corrected chi connectivity index (χ1v) is 7.19. The number of hydrogen-bond donors (Lipinski definition) is 1. The predicted octanol–water partition coefficient (Wildman–Crippen LogP) is 4.76. The molecule has 0 aliphatic carbocycles. The van der Waals surface area contributed by atoms with Crippen molar-refractivity contribution in [3.8, 4) is 0 Å². The summed E-state index contributed by atoms with van der Waals surface area (Å²) in [4.78, 5) is 0. The summed E-state index contributed by atoms with van der Waals surface area (Å²) in [6.07, 6.45) is 5.69. The molecule has 0 aromatic heterocycles. The number of nitrogens with one attached hydrogen (secondary N) is 1. The van der Waals surface area contributed by atoms with E-state index >= 15 is 0 Å². The molecule has 0 amide bonds. The van der Waals surface area contributed by atoms with Gasteiger partial charge in [-0.15, -0.1) is 0 Å². The minimum Gasteiger partial charge on any atom is -0.310 e. The van der Waals surface area contributed by atoms with Crippen molar-refractivity contribution < 1.29 is 4.39 Å². The first kappa shape index (κ1) is 15.2. The molecule has 1 atom stereocenters. The minimum absolute atomic E-state index is 0.0393. The summed E-state index contributed by atoms with van der Waals surface area (Å²) in [5, 5.41) is 3.47. The second-order valence-electron chi connectivity index (χ2n) is 4.98. The maximum absolute atomic E-state index is 14.1. The van der Waals surface area contributed by atoms with E-state index in [0.717, 1.165) is 36.9 Å². The Hall–Kier alpha value is -0.890. The molecular weight excluding hydrogens is 225 g/mol. The lowest BCUT2D eigenvalue weighted by atomic mass is 9.98. The third kappa shape index (κ3) is 4.41. The van der Waals surface area contributed by atoms with Gasteiger partial charge in [0.25, 0.3) is 0 Å². The van der Waals surface area contributed by atoms with Gasteiger partial charge in [-0.3, -0.25) is 0 Å². The Morgan fingerprint density at radius 1 is 1.17 bits per heavy atom. The zero-order valence-electron chi connectivity index (χ0n) is 11.9. The lowest BCUT2D eigenvalue weighted by Crippen LogP contribution is -2.23. The highest BCUT2D eigenvalue weighted by Crippen LogP contribution is 2.24. The second kappa shape index (κ2) is 8.25. The lowest BCUT2D eigenvalue weighted by molar-refractivity contribution is 0.453. The standard InChI is InChI=1S/C16H26FN/c1-4-6-7-11-15(18-12-5-2)14-10-8-9-13(3)16(14)17/h8-10,15,18H,4-7,11-12H2,1-3H3. The molecule has 0 fully saturated rings. The van der Waals surface area contributed by atoms with Crippen molar-refractivity contribution in [2.45, 2.75) is 58.9 Å². The highest BCUT2D eigenvalue weighted by atomic mass is 19.1. The van der Waals surface area contributed by atoms with Gasteiger partial charge in [0.15, 0.2) is 0 Å². The molecule has 1 nitrogen and oxygen atoms in total. The van der Waals surface area contributed by atoms with Gasteiger partial charge in [0.05, 0.1) is 0 Å². The third-order valence-electron chi connectivity index (χ3n) is 3.33. The molecule has 0 saturated heterocycles. The van der Waals surface area contributed by atoms with Crippen LogP contribution >= 0.6 is 0 Å². The molecule has 102 valence electrons. The summed E-state index contributed by atoms with van der Waals surface area (Å²) in [5.74, 6) is -0.0393. The maximum Gasteiger partial charge on any atom is 0.130 e. The molecule has 0 heterocycles. The van der Waals surface area contributed by atoms with E-state index in [1.807, 2.05) is 25.1 Å². The van der Waals surface area contributed by atoms with E-state index in [1.54, 1.807) is 0 Å². The van der Waals surface area contributed by atoms with Crippen molar-refractivity contribution >= 4 is 0 Å². The summed E-state index contributed by atoms with van der Waals surface area (Å²) >= 11 is 0. The van der Waals surface area contributed by atoms with Gasteiger partial charge in [0.1, 0.15) is 5.82 Å². The quantitative estimate of drug-likeness (QED) is 0.657. The molecule has 0 bridgehead atoms. The van der Waals surface area contributed by atoms with E-state index in [0.29, 0.717) is 0 Å². The highest BCUT2D eigenvalue weighted by molar-refractivity contribution is 5.27. The SMILES string of the molecule is CCCCCC(NCCC)c1cccc(C)c1F. The number of hydrogen-bond acceptors (Lipinski definition) is 1. The Kier molecular flexibility index (Phi) is 6.96. The van der Waals surface area contributed by atoms with Gasteiger partial charge < -0.3 is 5.32 Å². The fraction of sp³-hybridized carbons (Fsp3) is 0.625. The van der Waals surface area contributed by atoms with Gasteiger partial charge in [0.2, 0.25) is 0 Å². The number of halogens is 1. The normalized spacial score (nSPS) is 12.7. The van der Waals surface area contributed by atoms with Crippen LogP contribution in [0.5, 0.6) is 0 Å². The number of rotatable bonds is 8. The summed E-state index contributed by atoms with van der Waals surface area (Å²) in [5.41, 5.74) is 1.57. The molecule has 0 aliphatic heterocycles. The number of aryl methyl sites for hydroxylation is 1. The molecule has 1 N–H and O–H groups in total. The van der Waals surface area contributed by atoms with Gasteiger partial charge in [-0.1, -0.05) is 51.3 Å². The Bertz CT molecular complexity index is 349. The third-order valence-corrected chi connectivity index (χ3v) is 3.33. The van der Waals surface area contributed by atoms with Gasteiger partial charge in [-0.25, -0.2) is 4.39 Å². The van der Waals surface area contributed by atoms with Crippen LogP contribution in [0.2, 0.25) is 0 Å². The zero-order chi connectivity index (χ0) is 13.4. The summed E-state index contributed by atoms with van der Waals surface area (Å²) in [7, 11) is 0. The molecule has 0 radical (unpaired) electrons. The van der Waals surface area contributed by atoms with E-state index in [2.05, 4.69) is 19.2 Å². The van der Waals surface area contributed by atoms with Crippen molar-refractivity contribution in [3.63, 3.8) is 0 Å². The predicted molar refractivity (Wildman–Crippen MR) is 76.3 cm³/mol. The number of benzene rings is 1. The first-order chi connectivity index (χ1) is 8.70. The molecule has 1 aromatic rings. The largest absolute Gasteiger partial charge is 0.310 e. The summed E-state index contributed by atoms with van der Waals surface area (Å²) in [6, 6.07) is 5.87. The van der Waals surface area contributed by atoms with Crippen LogP contribution in [-0.2, 0) is 0 Å². The average Bonchev–Trinajstić information content (AvgIpc) is 2.37. The van der Waals surface area contributed by atoms with E-state index in [9.17, 15) is 4.39 Å². The van der Waals surface area contributed by atoms with E-state index < -0.39 is 0 Å². The van der Waals surface area contributed by atoms with Crippen LogP contribution in [0.1, 0.15) is 63.1 Å². The number of unbranched alkanes of at least 4 members (excludes halogenated alkanes) is 2. The Balaban J connectivity index is 2.76. The van der Waals surface area contributed by atoms with Crippen LogP contribution in [0.4, 0.5) is 4.39 Å². The Morgan fingerprint density at radius 3 is 2.61 bits per heavy atom. The molecule has 1 unspecified atom stereocenters. The van der Waals surface area contributed by atoms with Crippen LogP contribution in [0, 0.1) is 12.7 Å². The van der Waals surface area contributed by atoms with Crippen LogP contribution in [0.3, 0.4) is 0 Å². The molecule has 1 aromatic carbocycles. The molecular formula is C16H26FN. The van der Waals surface area contributed by atoms with Gasteiger partial charge in [-0.05, 0) is 31.9 Å². The van der Waals surface area contributed by atoms with Crippen molar-refractivity contribution in [2.24, 2.45) is 0 Å². The molecule has 1 rings (SSSR count). The molecule has 2 heteroatoms. The van der Waals surface area contributed by atoms with Crippen LogP contribution < -0.4 is 5.32 Å². The Labute approximate surface area is 111 Å². The van der Waals surface area contributed by atoms with E-state index in [1.165, 1.54) is 12.8 Å². The zero-order valence-corrected chi connectivity index (χ0v) is 11.9. The molecule has 18 heavy (non-hydrogen) atoms. The maximum atomic E-state index is 14.1. The van der Waals surface area contributed by atoms with Gasteiger partial charge in [-0.2, -0.15) is 0 Å². The summed E-state index contributed by atoms with van der Waals surface area (Å²) in [6.45, 7) is 7.12. The van der Waals surface area contributed by atoms with Crippen molar-refractivity contribution in [2.75, 3.05) is 6.54 Å². The van der Waals surface area contributed by atoms with Gasteiger partial charge >= 0.3 is 0 Å². The van der Waals surface area contributed by atoms with Crippen molar-refractivity contribution in [1.82, 2.24) is 5.32 Å². The molecule has 0 saturated carbocycles. The molecule has 0 spiro atoms. The van der Waals surface area contributed by atoms with Crippen molar-refractivity contribution in [3.05, 3.63) is 35.1 Å². The lowest BCUT2D eigenvalue weighted by Gasteiger charge is -2.20. The van der Waals surface area contributed by atoms with Crippen LogP contribution in [-0.4, -0.2) is 6.54 Å². The average molecular weight is 251 g/mol. The van der Waals surface area contributed by atoms with Crippen LogP contribution in [0.25, 0.3) is 0 Å². The first-order valence-electron chi connectivity index (χ1n) is 7.19. The highest BCUT2D eigenvalue weighted by Gasteiger charge is 2.15. The van der Waals surface area contributed by atoms with Crippen LogP contribution in [0.15, 0.2) is 18.2 Å². The topological polar surface area (TPSA) is 12.0 Å². The Morgan fingerprint density at radius 2 is 1.94 bits per heavy atom. The van der Waals surface area contributed by atoms with E-state index in [4.69, 9.17) is 0 Å². The molecule has 0 aliphatic rings. The van der Waals surface area contributed by atoms with E-state index in [-0.39, 0.29) is 11.9 Å². The fourth-order valence-corrected chi connectivity index (χ4v) is 2.22. The smallest absolute Gasteiger partial charge is 0.130 e.